The molecule has 0 aliphatic carbocycles. The molecule has 0 atom stereocenters. The van der Waals surface area contributed by atoms with Crippen molar-refractivity contribution in [3.63, 3.8) is 0 Å². The van der Waals surface area contributed by atoms with Gasteiger partial charge in [-0.25, -0.2) is 4.98 Å². The fraction of sp³-hybridized carbons (Fsp3) is 0.636. The zero-order valence-electron chi connectivity index (χ0n) is 9.70. The average molecular weight is 261 g/mol. The van der Waals surface area contributed by atoms with Crippen LogP contribution in [0.3, 0.4) is 0 Å². The maximum atomic E-state index is 12.4. The Morgan fingerprint density at radius 3 is 2.72 bits per heavy atom. The third kappa shape index (κ3) is 3.56. The Morgan fingerprint density at radius 1 is 1.33 bits per heavy atom. The largest absolute Gasteiger partial charge is 0.463 e. The summed E-state index contributed by atoms with van der Waals surface area (Å²) in [6.07, 6.45) is -1.48. The first-order valence-corrected chi connectivity index (χ1v) is 5.79. The fourth-order valence-corrected chi connectivity index (χ4v) is 1.81. The lowest BCUT2D eigenvalue weighted by atomic mass is 9.99. The van der Waals surface area contributed by atoms with Gasteiger partial charge < -0.3 is 10.1 Å². The standard InChI is InChI=1S/C11H14F3N3O/c12-11(13,14)9-3-6-16-10(17-9)18-7-8-1-4-15-5-2-8/h3,6,8,15H,1-2,4-5,7H2. The minimum absolute atomic E-state index is 0.205. The molecular weight excluding hydrogens is 247 g/mol. The van der Waals surface area contributed by atoms with E-state index in [1.165, 1.54) is 0 Å². The predicted octanol–water partition coefficient (Wildman–Crippen LogP) is 1.87. The van der Waals surface area contributed by atoms with Crippen LogP contribution < -0.4 is 10.1 Å². The summed E-state index contributed by atoms with van der Waals surface area (Å²) in [5, 5.41) is 3.21. The van der Waals surface area contributed by atoms with Crippen LogP contribution in [-0.2, 0) is 6.18 Å². The number of nitrogens with zero attached hydrogens (tertiary/aromatic N) is 2. The first kappa shape index (κ1) is 13.1. The van der Waals surface area contributed by atoms with Crippen molar-refractivity contribution < 1.29 is 17.9 Å². The molecule has 0 bridgehead atoms. The Balaban J connectivity index is 1.92. The van der Waals surface area contributed by atoms with E-state index in [1.54, 1.807) is 0 Å². The van der Waals surface area contributed by atoms with Crippen molar-refractivity contribution in [2.45, 2.75) is 19.0 Å². The van der Waals surface area contributed by atoms with Gasteiger partial charge in [0.1, 0.15) is 0 Å². The van der Waals surface area contributed by atoms with Crippen LogP contribution in [0.1, 0.15) is 18.5 Å². The van der Waals surface area contributed by atoms with Crippen LogP contribution >= 0.6 is 0 Å². The van der Waals surface area contributed by atoms with Crippen molar-refractivity contribution in [1.82, 2.24) is 15.3 Å². The monoisotopic (exact) mass is 261 g/mol. The summed E-state index contributed by atoms with van der Waals surface area (Å²) in [6.45, 7) is 2.19. The number of nitrogens with one attached hydrogen (secondary N) is 1. The van der Waals surface area contributed by atoms with Crippen molar-refractivity contribution in [1.29, 1.82) is 0 Å². The van der Waals surface area contributed by atoms with E-state index in [0.717, 1.165) is 38.2 Å². The zero-order chi connectivity index (χ0) is 13.0. The van der Waals surface area contributed by atoms with Gasteiger partial charge in [-0.2, -0.15) is 18.2 Å². The van der Waals surface area contributed by atoms with Crippen molar-refractivity contribution in [2.24, 2.45) is 5.92 Å². The number of ether oxygens (including phenoxy) is 1. The molecule has 0 amide bonds. The minimum atomic E-state index is -4.46. The Hall–Kier alpha value is -1.37. The summed E-state index contributed by atoms with van der Waals surface area (Å²) >= 11 is 0. The Morgan fingerprint density at radius 2 is 2.06 bits per heavy atom. The molecule has 1 aromatic rings. The van der Waals surface area contributed by atoms with Gasteiger partial charge in [0.15, 0.2) is 5.69 Å². The molecule has 2 heterocycles. The highest BCUT2D eigenvalue weighted by Gasteiger charge is 2.33. The normalized spacial score (nSPS) is 17.7. The zero-order valence-corrected chi connectivity index (χ0v) is 9.70. The first-order valence-electron chi connectivity index (χ1n) is 5.79. The number of hydrogen-bond donors (Lipinski definition) is 1. The van der Waals surface area contributed by atoms with Gasteiger partial charge in [0, 0.05) is 6.20 Å². The minimum Gasteiger partial charge on any atom is -0.463 e. The highest BCUT2D eigenvalue weighted by Crippen LogP contribution is 2.28. The van der Waals surface area contributed by atoms with E-state index in [4.69, 9.17) is 4.74 Å². The smallest absolute Gasteiger partial charge is 0.433 e. The number of rotatable bonds is 3. The molecule has 1 aromatic heterocycles. The lowest BCUT2D eigenvalue weighted by Gasteiger charge is -2.22. The van der Waals surface area contributed by atoms with Crippen LogP contribution in [0, 0.1) is 5.92 Å². The van der Waals surface area contributed by atoms with E-state index < -0.39 is 11.9 Å². The van der Waals surface area contributed by atoms with E-state index in [0.29, 0.717) is 12.5 Å². The van der Waals surface area contributed by atoms with Crippen LogP contribution in [0.25, 0.3) is 0 Å². The third-order valence-electron chi connectivity index (χ3n) is 2.83. The second kappa shape index (κ2) is 5.51. The molecule has 1 aliphatic rings. The van der Waals surface area contributed by atoms with Gasteiger partial charge in [-0.3, -0.25) is 0 Å². The summed E-state index contributed by atoms with van der Waals surface area (Å²) in [7, 11) is 0. The van der Waals surface area contributed by atoms with Gasteiger partial charge in [0.25, 0.3) is 0 Å². The molecule has 1 N–H and O–H groups in total. The number of alkyl halides is 3. The fourth-order valence-electron chi connectivity index (χ4n) is 1.81. The van der Waals surface area contributed by atoms with E-state index >= 15 is 0 Å². The van der Waals surface area contributed by atoms with Crippen LogP contribution in [0.4, 0.5) is 13.2 Å². The Bertz CT molecular complexity index is 391. The number of aromatic nitrogens is 2. The molecule has 1 fully saturated rings. The molecule has 0 radical (unpaired) electrons. The van der Waals surface area contributed by atoms with Crippen LogP contribution in [0.5, 0.6) is 6.01 Å². The quantitative estimate of drug-likeness (QED) is 0.902. The molecule has 1 saturated heterocycles. The van der Waals surface area contributed by atoms with Crippen molar-refractivity contribution in [2.75, 3.05) is 19.7 Å². The SMILES string of the molecule is FC(F)(F)c1ccnc(OCC2CCNCC2)n1. The maximum Gasteiger partial charge on any atom is 0.433 e. The third-order valence-corrected chi connectivity index (χ3v) is 2.83. The van der Waals surface area contributed by atoms with Gasteiger partial charge in [0.2, 0.25) is 0 Å². The van der Waals surface area contributed by atoms with E-state index in [9.17, 15) is 13.2 Å². The molecule has 0 spiro atoms. The first-order chi connectivity index (χ1) is 8.55. The maximum absolute atomic E-state index is 12.4. The number of hydrogen-bond acceptors (Lipinski definition) is 4. The summed E-state index contributed by atoms with van der Waals surface area (Å²) in [5.74, 6) is 0.351. The molecule has 0 aromatic carbocycles. The van der Waals surface area contributed by atoms with Gasteiger partial charge in [-0.1, -0.05) is 0 Å². The molecule has 100 valence electrons. The predicted molar refractivity (Wildman–Crippen MR) is 58.1 cm³/mol. The molecule has 0 unspecified atom stereocenters. The highest BCUT2D eigenvalue weighted by atomic mass is 19.4. The molecular formula is C11H14F3N3O. The van der Waals surface area contributed by atoms with E-state index in [1.807, 2.05) is 0 Å². The van der Waals surface area contributed by atoms with Crippen molar-refractivity contribution in [3.8, 4) is 6.01 Å². The molecule has 2 rings (SSSR count). The van der Waals surface area contributed by atoms with Crippen LogP contribution in [-0.4, -0.2) is 29.7 Å². The van der Waals surface area contributed by atoms with E-state index in [2.05, 4.69) is 15.3 Å². The molecule has 18 heavy (non-hydrogen) atoms. The summed E-state index contributed by atoms with van der Waals surface area (Å²) in [6, 6.07) is 0.626. The Kier molecular flexibility index (Phi) is 4.00. The highest BCUT2D eigenvalue weighted by molar-refractivity contribution is 5.08. The van der Waals surface area contributed by atoms with Gasteiger partial charge in [-0.05, 0) is 37.9 Å². The van der Waals surface area contributed by atoms with Gasteiger partial charge in [0.05, 0.1) is 6.61 Å². The number of piperidine rings is 1. The van der Waals surface area contributed by atoms with Crippen molar-refractivity contribution >= 4 is 0 Å². The topological polar surface area (TPSA) is 47.0 Å². The molecule has 4 nitrogen and oxygen atoms in total. The summed E-state index contributed by atoms with van der Waals surface area (Å²) in [5.41, 5.74) is -0.974. The summed E-state index contributed by atoms with van der Waals surface area (Å²) in [4.78, 5) is 7.04. The second-order valence-corrected chi connectivity index (χ2v) is 4.23. The van der Waals surface area contributed by atoms with Crippen LogP contribution in [0.15, 0.2) is 12.3 Å². The van der Waals surface area contributed by atoms with E-state index in [-0.39, 0.29) is 6.01 Å². The Labute approximate surface area is 103 Å². The van der Waals surface area contributed by atoms with Gasteiger partial charge >= 0.3 is 12.2 Å². The second-order valence-electron chi connectivity index (χ2n) is 4.23. The molecule has 0 saturated carbocycles. The van der Waals surface area contributed by atoms with Gasteiger partial charge in [-0.15, -0.1) is 0 Å². The lowest BCUT2D eigenvalue weighted by Crippen LogP contribution is -2.30. The lowest BCUT2D eigenvalue weighted by molar-refractivity contribution is -0.141. The number of halogens is 3. The van der Waals surface area contributed by atoms with Crippen LogP contribution in [0.2, 0.25) is 0 Å². The molecule has 1 aliphatic heterocycles. The van der Waals surface area contributed by atoms with Crippen molar-refractivity contribution in [3.05, 3.63) is 18.0 Å². The molecule has 7 heteroatoms. The summed E-state index contributed by atoms with van der Waals surface area (Å²) < 4.78 is 42.5. The average Bonchev–Trinajstić information content (AvgIpc) is 2.37.